The van der Waals surface area contributed by atoms with Crippen molar-refractivity contribution < 1.29 is 4.74 Å². The van der Waals surface area contributed by atoms with Crippen molar-refractivity contribution in [3.8, 4) is 5.75 Å². The van der Waals surface area contributed by atoms with E-state index in [4.69, 9.17) is 27.9 Å². The van der Waals surface area contributed by atoms with Crippen molar-refractivity contribution in [2.45, 2.75) is 5.38 Å². The first kappa shape index (κ1) is 14.0. The summed E-state index contributed by atoms with van der Waals surface area (Å²) in [5.41, 5.74) is 2.91. The highest BCUT2D eigenvalue weighted by Crippen LogP contribution is 2.36. The predicted octanol–water partition coefficient (Wildman–Crippen LogP) is 3.85. The first-order chi connectivity index (χ1) is 10.1. The molecule has 0 aliphatic heterocycles. The highest BCUT2D eigenvalue weighted by molar-refractivity contribution is 6.30. The third-order valence-electron chi connectivity index (χ3n) is 3.30. The number of hydrogen-bond donors (Lipinski definition) is 2. The second-order valence-corrected chi connectivity index (χ2v) is 5.51. The van der Waals surface area contributed by atoms with Crippen LogP contribution in [0.4, 0.5) is 0 Å². The fourth-order valence-electron chi connectivity index (χ4n) is 2.28. The Morgan fingerprint density at radius 2 is 1.86 bits per heavy atom. The number of fused-ring (bicyclic) bond motifs is 1. The Morgan fingerprint density at radius 3 is 2.62 bits per heavy atom. The van der Waals surface area contributed by atoms with Crippen LogP contribution in [0, 0.1) is 0 Å². The van der Waals surface area contributed by atoms with Gasteiger partial charge in [0.2, 0.25) is 0 Å². The molecule has 4 nitrogen and oxygen atoms in total. The Morgan fingerprint density at radius 1 is 1.10 bits per heavy atom. The molecule has 2 aromatic carbocycles. The van der Waals surface area contributed by atoms with E-state index in [1.165, 1.54) is 0 Å². The van der Waals surface area contributed by atoms with E-state index in [9.17, 15) is 4.79 Å². The van der Waals surface area contributed by atoms with Crippen molar-refractivity contribution in [2.75, 3.05) is 7.11 Å². The molecule has 21 heavy (non-hydrogen) atoms. The number of aromatic amines is 2. The molecule has 1 aromatic heterocycles. The third kappa shape index (κ3) is 2.64. The number of methoxy groups -OCH3 is 1. The molecule has 2 N–H and O–H groups in total. The maximum atomic E-state index is 11.3. The molecule has 108 valence electrons. The molecule has 1 heterocycles. The van der Waals surface area contributed by atoms with E-state index in [-0.39, 0.29) is 5.69 Å². The first-order valence-electron chi connectivity index (χ1n) is 6.28. The van der Waals surface area contributed by atoms with Gasteiger partial charge in [0.25, 0.3) is 0 Å². The number of imidazole rings is 1. The van der Waals surface area contributed by atoms with Crippen LogP contribution in [0.5, 0.6) is 5.75 Å². The number of aromatic nitrogens is 2. The summed E-state index contributed by atoms with van der Waals surface area (Å²) in [5, 5.41) is 0.185. The molecule has 0 radical (unpaired) electrons. The van der Waals surface area contributed by atoms with Gasteiger partial charge in [0.1, 0.15) is 5.75 Å². The maximum absolute atomic E-state index is 11.3. The molecule has 0 saturated heterocycles. The van der Waals surface area contributed by atoms with Crippen LogP contribution in [-0.2, 0) is 0 Å². The van der Waals surface area contributed by atoms with Crippen LogP contribution < -0.4 is 10.4 Å². The lowest BCUT2D eigenvalue weighted by molar-refractivity contribution is 0.410. The summed E-state index contributed by atoms with van der Waals surface area (Å²) in [6.45, 7) is 0. The van der Waals surface area contributed by atoms with Gasteiger partial charge in [-0.05, 0) is 29.8 Å². The SMILES string of the molecule is COc1cc(Cl)ccc1C(Cl)c1ccc2[nH]c(=O)[nH]c2c1. The van der Waals surface area contributed by atoms with Crippen LogP contribution in [-0.4, -0.2) is 17.1 Å². The lowest BCUT2D eigenvalue weighted by Gasteiger charge is -2.14. The lowest BCUT2D eigenvalue weighted by Crippen LogP contribution is -1.99. The van der Waals surface area contributed by atoms with Gasteiger partial charge in [-0.3, -0.25) is 0 Å². The van der Waals surface area contributed by atoms with Gasteiger partial charge in [0, 0.05) is 10.6 Å². The van der Waals surface area contributed by atoms with Crippen molar-refractivity contribution in [2.24, 2.45) is 0 Å². The number of alkyl halides is 1. The zero-order valence-electron chi connectivity index (χ0n) is 11.1. The van der Waals surface area contributed by atoms with Gasteiger partial charge in [-0.15, -0.1) is 11.6 Å². The average molecular weight is 323 g/mol. The second-order valence-electron chi connectivity index (χ2n) is 4.63. The van der Waals surface area contributed by atoms with Crippen molar-refractivity contribution >= 4 is 34.2 Å². The summed E-state index contributed by atoms with van der Waals surface area (Å²) in [4.78, 5) is 16.7. The van der Waals surface area contributed by atoms with Crippen LogP contribution in [0.1, 0.15) is 16.5 Å². The molecule has 0 amide bonds. The van der Waals surface area contributed by atoms with Crippen LogP contribution in [0.25, 0.3) is 11.0 Å². The van der Waals surface area contributed by atoms with Crippen molar-refractivity contribution in [3.63, 3.8) is 0 Å². The standard InChI is InChI=1S/C15H12Cl2N2O2/c1-21-13-7-9(16)3-4-10(13)14(17)8-2-5-11-12(6-8)19-15(20)18-11/h2-7,14H,1H3,(H2,18,19,20). The molecular formula is C15H12Cl2N2O2. The van der Waals surface area contributed by atoms with Crippen molar-refractivity contribution in [3.05, 3.63) is 63.0 Å². The zero-order chi connectivity index (χ0) is 15.0. The number of ether oxygens (including phenoxy) is 1. The van der Waals surface area contributed by atoms with E-state index >= 15 is 0 Å². The highest BCUT2D eigenvalue weighted by Gasteiger charge is 2.17. The van der Waals surface area contributed by atoms with Gasteiger partial charge in [-0.1, -0.05) is 23.7 Å². The van der Waals surface area contributed by atoms with E-state index in [0.29, 0.717) is 10.8 Å². The molecular weight excluding hydrogens is 311 g/mol. The Hall–Kier alpha value is -1.91. The number of rotatable bonds is 3. The van der Waals surface area contributed by atoms with Gasteiger partial charge < -0.3 is 14.7 Å². The smallest absolute Gasteiger partial charge is 0.323 e. The average Bonchev–Trinajstić information content (AvgIpc) is 2.85. The van der Waals surface area contributed by atoms with Gasteiger partial charge in [0.05, 0.1) is 23.5 Å². The van der Waals surface area contributed by atoms with Crippen LogP contribution in [0.3, 0.4) is 0 Å². The number of halogens is 2. The minimum absolute atomic E-state index is 0.239. The fraction of sp³-hybridized carbons (Fsp3) is 0.133. The van der Waals surface area contributed by atoms with Gasteiger partial charge >= 0.3 is 5.69 Å². The van der Waals surface area contributed by atoms with E-state index < -0.39 is 5.38 Å². The van der Waals surface area contributed by atoms with Crippen molar-refractivity contribution in [1.82, 2.24) is 9.97 Å². The Labute approximate surface area is 130 Å². The van der Waals surface area contributed by atoms with Gasteiger partial charge in [-0.2, -0.15) is 0 Å². The highest BCUT2D eigenvalue weighted by atomic mass is 35.5. The van der Waals surface area contributed by atoms with E-state index in [0.717, 1.165) is 22.2 Å². The van der Waals surface area contributed by atoms with Gasteiger partial charge in [-0.25, -0.2) is 4.79 Å². The van der Waals surface area contributed by atoms with Gasteiger partial charge in [0.15, 0.2) is 0 Å². The minimum atomic E-state index is -0.403. The quantitative estimate of drug-likeness (QED) is 0.719. The summed E-state index contributed by atoms with van der Waals surface area (Å²) in [7, 11) is 1.58. The Balaban J connectivity index is 2.07. The topological polar surface area (TPSA) is 57.9 Å². The molecule has 0 bridgehead atoms. The summed E-state index contributed by atoms with van der Waals surface area (Å²) in [6, 6.07) is 10.9. The van der Waals surface area contributed by atoms with Crippen LogP contribution in [0.15, 0.2) is 41.2 Å². The van der Waals surface area contributed by atoms with Crippen molar-refractivity contribution in [1.29, 1.82) is 0 Å². The maximum Gasteiger partial charge on any atom is 0.323 e. The molecule has 1 unspecified atom stereocenters. The molecule has 0 saturated carbocycles. The molecule has 0 aliphatic carbocycles. The number of hydrogen-bond acceptors (Lipinski definition) is 2. The largest absolute Gasteiger partial charge is 0.496 e. The van der Waals surface area contributed by atoms with E-state index in [1.807, 2.05) is 24.3 Å². The monoisotopic (exact) mass is 322 g/mol. The first-order valence-corrected chi connectivity index (χ1v) is 7.09. The minimum Gasteiger partial charge on any atom is -0.496 e. The number of H-pyrrole nitrogens is 2. The normalized spacial score (nSPS) is 12.5. The van der Waals surface area contributed by atoms with E-state index in [1.54, 1.807) is 19.2 Å². The molecule has 1 atom stereocenters. The van der Waals surface area contributed by atoms with Crippen LogP contribution in [0.2, 0.25) is 5.02 Å². The zero-order valence-corrected chi connectivity index (χ0v) is 12.6. The lowest BCUT2D eigenvalue weighted by atomic mass is 10.0. The molecule has 3 aromatic rings. The molecule has 6 heteroatoms. The summed E-state index contributed by atoms with van der Waals surface area (Å²) in [6.07, 6.45) is 0. The predicted molar refractivity (Wildman–Crippen MR) is 84.6 cm³/mol. The molecule has 0 fully saturated rings. The third-order valence-corrected chi connectivity index (χ3v) is 4.02. The second kappa shape index (κ2) is 5.47. The number of benzene rings is 2. The van der Waals surface area contributed by atoms with Crippen LogP contribution >= 0.6 is 23.2 Å². The fourth-order valence-corrected chi connectivity index (χ4v) is 2.76. The molecule has 0 aliphatic rings. The molecule has 0 spiro atoms. The Kier molecular flexibility index (Phi) is 3.66. The Bertz CT molecular complexity index is 854. The number of nitrogens with one attached hydrogen (secondary N) is 2. The summed E-state index contributed by atoms with van der Waals surface area (Å²) < 4.78 is 5.33. The summed E-state index contributed by atoms with van der Waals surface area (Å²) >= 11 is 12.5. The summed E-state index contributed by atoms with van der Waals surface area (Å²) in [5.74, 6) is 0.630. The van der Waals surface area contributed by atoms with E-state index in [2.05, 4.69) is 9.97 Å². The molecule has 3 rings (SSSR count).